The number of aromatic nitrogens is 4. The second kappa shape index (κ2) is 7.86. The topological polar surface area (TPSA) is 81.6 Å². The number of likely N-dealkylation sites (tertiary alicyclic amines) is 1. The maximum Gasteiger partial charge on any atom is 0.187 e. The fraction of sp³-hybridized carbons (Fsp3) is 0.348. The first-order valence-corrected chi connectivity index (χ1v) is 10.6. The van der Waals surface area contributed by atoms with Gasteiger partial charge in [0.2, 0.25) is 0 Å². The average molecular weight is 420 g/mol. The van der Waals surface area contributed by atoms with Crippen LogP contribution in [0.2, 0.25) is 0 Å². The molecule has 4 heterocycles. The van der Waals surface area contributed by atoms with Crippen LogP contribution in [0, 0.1) is 5.82 Å². The first kappa shape index (κ1) is 19.8. The van der Waals surface area contributed by atoms with E-state index in [1.54, 1.807) is 6.07 Å². The SMILES string of the molecule is CCOc1cc2nc(-c3nnc4ccc([C@@H](C)N5CC[C@H](N)C5)cn34)ccc2cc1F. The van der Waals surface area contributed by atoms with Crippen molar-refractivity contribution in [2.75, 3.05) is 19.7 Å². The summed E-state index contributed by atoms with van der Waals surface area (Å²) in [5.41, 5.74) is 9.33. The minimum Gasteiger partial charge on any atom is -0.491 e. The number of hydrogen-bond donors (Lipinski definition) is 1. The Morgan fingerprint density at radius 1 is 1.23 bits per heavy atom. The van der Waals surface area contributed by atoms with Crippen LogP contribution in [0.5, 0.6) is 5.75 Å². The monoisotopic (exact) mass is 420 g/mol. The maximum atomic E-state index is 14.2. The highest BCUT2D eigenvalue weighted by molar-refractivity contribution is 5.82. The van der Waals surface area contributed by atoms with Gasteiger partial charge in [0.15, 0.2) is 23.0 Å². The van der Waals surface area contributed by atoms with Gasteiger partial charge in [-0.25, -0.2) is 9.37 Å². The van der Waals surface area contributed by atoms with Gasteiger partial charge in [-0.05, 0) is 44.0 Å². The first-order valence-electron chi connectivity index (χ1n) is 10.6. The lowest BCUT2D eigenvalue weighted by atomic mass is 10.1. The van der Waals surface area contributed by atoms with Crippen LogP contribution in [0.25, 0.3) is 28.1 Å². The molecule has 1 aromatic carbocycles. The van der Waals surface area contributed by atoms with Crippen LogP contribution in [0.1, 0.15) is 31.9 Å². The third-order valence-electron chi connectivity index (χ3n) is 5.98. The van der Waals surface area contributed by atoms with Gasteiger partial charge in [0.05, 0.1) is 12.1 Å². The second-order valence-corrected chi connectivity index (χ2v) is 8.04. The van der Waals surface area contributed by atoms with E-state index < -0.39 is 5.82 Å². The van der Waals surface area contributed by atoms with Crippen molar-refractivity contribution in [3.8, 4) is 17.3 Å². The van der Waals surface area contributed by atoms with E-state index in [1.807, 2.05) is 29.5 Å². The Hall–Kier alpha value is -3.10. The average Bonchev–Trinajstić information content (AvgIpc) is 3.39. The van der Waals surface area contributed by atoms with Crippen molar-refractivity contribution < 1.29 is 9.13 Å². The number of nitrogens with two attached hydrogens (primary N) is 1. The highest BCUT2D eigenvalue weighted by Crippen LogP contribution is 2.28. The van der Waals surface area contributed by atoms with Crippen LogP contribution >= 0.6 is 0 Å². The number of nitrogens with zero attached hydrogens (tertiary/aromatic N) is 5. The van der Waals surface area contributed by atoms with Gasteiger partial charge in [-0.1, -0.05) is 12.1 Å². The number of fused-ring (bicyclic) bond motifs is 2. The van der Waals surface area contributed by atoms with Crippen molar-refractivity contribution in [3.05, 3.63) is 54.0 Å². The van der Waals surface area contributed by atoms with E-state index in [9.17, 15) is 4.39 Å². The minimum atomic E-state index is -0.392. The number of rotatable bonds is 5. The summed E-state index contributed by atoms with van der Waals surface area (Å²) >= 11 is 0. The first-order chi connectivity index (χ1) is 15.0. The van der Waals surface area contributed by atoms with Gasteiger partial charge in [-0.2, -0.15) is 0 Å². The molecule has 31 heavy (non-hydrogen) atoms. The molecular formula is C23H25FN6O. The van der Waals surface area contributed by atoms with Gasteiger partial charge < -0.3 is 10.5 Å². The standard InChI is InChI=1S/C23H25FN6O/c1-3-31-21-11-20-15(10-18(21)24)4-6-19(26-20)23-28-27-22-7-5-16(12-30(22)23)14(2)29-9-8-17(25)13-29/h4-7,10-12,14,17H,3,8-9,13,25H2,1-2H3/t14-,17+/m1/s1. The van der Waals surface area contributed by atoms with Crippen molar-refractivity contribution in [2.24, 2.45) is 5.73 Å². The lowest BCUT2D eigenvalue weighted by Gasteiger charge is -2.24. The lowest BCUT2D eigenvalue weighted by Crippen LogP contribution is -2.28. The normalized spacial score (nSPS) is 18.1. The summed E-state index contributed by atoms with van der Waals surface area (Å²) in [5, 5.41) is 9.38. The van der Waals surface area contributed by atoms with E-state index in [-0.39, 0.29) is 17.8 Å². The summed E-state index contributed by atoms with van der Waals surface area (Å²) in [5.74, 6) is 0.453. The highest BCUT2D eigenvalue weighted by Gasteiger charge is 2.25. The molecule has 160 valence electrons. The van der Waals surface area contributed by atoms with Gasteiger partial charge in [-0.15, -0.1) is 10.2 Å². The number of halogens is 1. The van der Waals surface area contributed by atoms with Crippen LogP contribution in [0.3, 0.4) is 0 Å². The van der Waals surface area contributed by atoms with Gasteiger partial charge in [0.1, 0.15) is 5.69 Å². The maximum absolute atomic E-state index is 14.2. The number of hydrogen-bond acceptors (Lipinski definition) is 6. The number of pyridine rings is 2. The Kier molecular flexibility index (Phi) is 5.03. The predicted octanol–water partition coefficient (Wildman–Crippen LogP) is 3.58. The molecule has 0 saturated carbocycles. The molecule has 0 radical (unpaired) electrons. The largest absolute Gasteiger partial charge is 0.491 e. The molecule has 1 aliphatic heterocycles. The van der Waals surface area contributed by atoms with Gasteiger partial charge in [0.25, 0.3) is 0 Å². The predicted molar refractivity (Wildman–Crippen MR) is 117 cm³/mol. The van der Waals surface area contributed by atoms with Crippen molar-refractivity contribution >= 4 is 16.6 Å². The number of benzene rings is 1. The quantitative estimate of drug-likeness (QED) is 0.532. The molecule has 1 fully saturated rings. The van der Waals surface area contributed by atoms with Crippen LogP contribution in [0.4, 0.5) is 4.39 Å². The minimum absolute atomic E-state index is 0.200. The van der Waals surface area contributed by atoms with Crippen LogP contribution in [-0.2, 0) is 0 Å². The Bertz CT molecular complexity index is 1260. The zero-order valence-corrected chi connectivity index (χ0v) is 17.6. The molecule has 8 heteroatoms. The zero-order valence-electron chi connectivity index (χ0n) is 17.6. The molecule has 2 atom stereocenters. The van der Waals surface area contributed by atoms with E-state index in [2.05, 4.69) is 34.3 Å². The molecule has 1 saturated heterocycles. The van der Waals surface area contributed by atoms with E-state index in [1.165, 1.54) is 11.6 Å². The van der Waals surface area contributed by atoms with E-state index >= 15 is 0 Å². The summed E-state index contributed by atoms with van der Waals surface area (Å²) in [6.45, 7) is 6.31. The van der Waals surface area contributed by atoms with Gasteiger partial charge >= 0.3 is 0 Å². The fourth-order valence-electron chi connectivity index (χ4n) is 4.22. The summed E-state index contributed by atoms with van der Waals surface area (Å²) in [6.07, 6.45) is 3.09. The van der Waals surface area contributed by atoms with Crippen LogP contribution in [-0.4, -0.2) is 50.2 Å². The third kappa shape index (κ3) is 3.62. The summed E-state index contributed by atoms with van der Waals surface area (Å²) in [7, 11) is 0. The third-order valence-corrected chi connectivity index (χ3v) is 5.98. The Balaban J connectivity index is 1.55. The highest BCUT2D eigenvalue weighted by atomic mass is 19.1. The summed E-state index contributed by atoms with van der Waals surface area (Å²) < 4.78 is 21.5. The second-order valence-electron chi connectivity index (χ2n) is 8.04. The van der Waals surface area contributed by atoms with Crippen molar-refractivity contribution in [2.45, 2.75) is 32.4 Å². The molecule has 5 rings (SSSR count). The molecule has 3 aromatic heterocycles. The van der Waals surface area contributed by atoms with Crippen molar-refractivity contribution in [3.63, 3.8) is 0 Å². The molecule has 0 spiro atoms. The number of ether oxygens (including phenoxy) is 1. The van der Waals surface area contributed by atoms with Crippen molar-refractivity contribution in [1.29, 1.82) is 0 Å². The molecular weight excluding hydrogens is 395 g/mol. The van der Waals surface area contributed by atoms with Crippen molar-refractivity contribution in [1.82, 2.24) is 24.5 Å². The molecule has 0 amide bonds. The van der Waals surface area contributed by atoms with Gasteiger partial charge in [-0.3, -0.25) is 9.30 Å². The zero-order chi connectivity index (χ0) is 21.5. The molecule has 4 aromatic rings. The summed E-state index contributed by atoms with van der Waals surface area (Å²) in [6, 6.07) is 11.3. The van der Waals surface area contributed by atoms with E-state index in [0.717, 1.165) is 25.2 Å². The molecule has 7 nitrogen and oxygen atoms in total. The Labute approximate surface area is 179 Å². The van der Waals surface area contributed by atoms with Gasteiger partial charge in [0, 0.05) is 42.8 Å². The van der Waals surface area contributed by atoms with E-state index in [4.69, 9.17) is 15.5 Å². The molecule has 1 aliphatic rings. The Morgan fingerprint density at radius 2 is 2.10 bits per heavy atom. The summed E-state index contributed by atoms with van der Waals surface area (Å²) in [4.78, 5) is 7.11. The van der Waals surface area contributed by atoms with Crippen LogP contribution < -0.4 is 10.5 Å². The smallest absolute Gasteiger partial charge is 0.187 e. The Morgan fingerprint density at radius 3 is 2.87 bits per heavy atom. The molecule has 0 aliphatic carbocycles. The van der Waals surface area contributed by atoms with Crippen LogP contribution in [0.15, 0.2) is 42.6 Å². The molecule has 0 unspecified atom stereocenters. The fourth-order valence-corrected chi connectivity index (χ4v) is 4.22. The van der Waals surface area contributed by atoms with E-state index in [0.29, 0.717) is 29.0 Å². The molecule has 2 N–H and O–H groups in total. The lowest BCUT2D eigenvalue weighted by molar-refractivity contribution is 0.259. The molecule has 0 bridgehead atoms.